The summed E-state index contributed by atoms with van der Waals surface area (Å²) in [7, 11) is 0. The molecule has 0 aliphatic carbocycles. The Balaban J connectivity index is 1.23. The van der Waals surface area contributed by atoms with Crippen LogP contribution in [0.1, 0.15) is 37.5 Å². The van der Waals surface area contributed by atoms with E-state index < -0.39 is 17.6 Å². The van der Waals surface area contributed by atoms with Gasteiger partial charge in [0.2, 0.25) is 0 Å². The smallest absolute Gasteiger partial charge is 0.337 e. The number of para-hydroxylation sites is 1. The Kier molecular flexibility index (Phi) is 6.45. The molecule has 0 atom stereocenters. The Labute approximate surface area is 212 Å². The van der Waals surface area contributed by atoms with Crippen LogP contribution >= 0.6 is 0 Å². The van der Waals surface area contributed by atoms with Gasteiger partial charge in [0, 0.05) is 55.9 Å². The molecular weight excluding hydrogens is 481 g/mol. The summed E-state index contributed by atoms with van der Waals surface area (Å²) in [4.78, 5) is 35.0. The number of alkyl halides is 3. The first-order valence-corrected chi connectivity index (χ1v) is 12.0. The second-order valence-corrected chi connectivity index (χ2v) is 9.09. The number of rotatable bonds is 3. The van der Waals surface area contributed by atoms with E-state index in [-0.39, 0.29) is 24.7 Å². The standard InChI is InChI=1S/C28H25F3N4O2/c1-19-17-21(8-11-24(19)35-12-4-6-20-5-2-3-7-25(20)35)26(36)33-13-15-34(16-14-33)27(37)23-10-9-22(18-32-23)28(29,30)31/h2-11,17-18H,12-16H2,1H3. The number of halogens is 3. The fourth-order valence-corrected chi connectivity index (χ4v) is 4.72. The first kappa shape index (κ1) is 24.5. The zero-order valence-electron chi connectivity index (χ0n) is 20.2. The van der Waals surface area contributed by atoms with E-state index in [1.165, 1.54) is 4.90 Å². The van der Waals surface area contributed by atoms with Gasteiger partial charge in [-0.3, -0.25) is 14.6 Å². The highest BCUT2D eigenvalue weighted by Gasteiger charge is 2.32. The van der Waals surface area contributed by atoms with Crippen molar-refractivity contribution < 1.29 is 22.8 Å². The minimum Gasteiger partial charge on any atom is -0.337 e. The predicted molar refractivity (Wildman–Crippen MR) is 135 cm³/mol. The number of nitrogens with zero attached hydrogens (tertiary/aromatic N) is 4. The van der Waals surface area contributed by atoms with E-state index in [0.717, 1.165) is 41.2 Å². The molecule has 0 unspecified atom stereocenters. The van der Waals surface area contributed by atoms with Gasteiger partial charge in [-0.05, 0) is 54.4 Å². The molecule has 9 heteroatoms. The van der Waals surface area contributed by atoms with Crippen LogP contribution in [0.15, 0.2) is 66.9 Å². The Bertz CT molecular complexity index is 1360. The van der Waals surface area contributed by atoms with Crippen molar-refractivity contribution in [3.05, 3.63) is 94.8 Å². The number of anilines is 2. The van der Waals surface area contributed by atoms with Crippen LogP contribution in [0.3, 0.4) is 0 Å². The van der Waals surface area contributed by atoms with Crippen LogP contribution in [-0.4, -0.2) is 59.3 Å². The lowest BCUT2D eigenvalue weighted by Gasteiger charge is -2.35. The van der Waals surface area contributed by atoms with Crippen molar-refractivity contribution in [1.29, 1.82) is 0 Å². The number of pyridine rings is 1. The van der Waals surface area contributed by atoms with Gasteiger partial charge in [-0.15, -0.1) is 0 Å². The third-order valence-electron chi connectivity index (χ3n) is 6.71. The van der Waals surface area contributed by atoms with E-state index in [0.29, 0.717) is 24.8 Å². The van der Waals surface area contributed by atoms with Crippen LogP contribution in [0.5, 0.6) is 0 Å². The highest BCUT2D eigenvalue weighted by atomic mass is 19.4. The van der Waals surface area contributed by atoms with Gasteiger partial charge in [-0.1, -0.05) is 30.4 Å². The van der Waals surface area contributed by atoms with Gasteiger partial charge in [0.05, 0.1) is 5.56 Å². The molecule has 3 heterocycles. The Morgan fingerprint density at radius 1 is 0.865 bits per heavy atom. The zero-order chi connectivity index (χ0) is 26.2. The van der Waals surface area contributed by atoms with Crippen molar-refractivity contribution in [2.24, 2.45) is 0 Å². The number of carbonyl (C=O) groups is 2. The molecule has 0 bridgehead atoms. The van der Waals surface area contributed by atoms with E-state index >= 15 is 0 Å². The lowest BCUT2D eigenvalue weighted by Crippen LogP contribution is -2.50. The Morgan fingerprint density at radius 3 is 2.22 bits per heavy atom. The molecule has 37 heavy (non-hydrogen) atoms. The largest absolute Gasteiger partial charge is 0.417 e. The first-order valence-electron chi connectivity index (χ1n) is 12.0. The van der Waals surface area contributed by atoms with Crippen molar-refractivity contribution >= 4 is 29.3 Å². The van der Waals surface area contributed by atoms with Gasteiger partial charge in [0.15, 0.2) is 0 Å². The molecule has 2 aromatic carbocycles. The maximum atomic E-state index is 13.2. The Morgan fingerprint density at radius 2 is 1.57 bits per heavy atom. The summed E-state index contributed by atoms with van der Waals surface area (Å²) < 4.78 is 38.3. The number of benzene rings is 2. The average molecular weight is 507 g/mol. The van der Waals surface area contributed by atoms with E-state index in [9.17, 15) is 22.8 Å². The summed E-state index contributed by atoms with van der Waals surface area (Å²) in [6, 6.07) is 15.8. The highest BCUT2D eigenvalue weighted by Crippen LogP contribution is 2.34. The molecule has 2 aliphatic rings. The normalized spacial score (nSPS) is 15.5. The van der Waals surface area contributed by atoms with Crippen LogP contribution < -0.4 is 4.90 Å². The molecule has 0 radical (unpaired) electrons. The summed E-state index contributed by atoms with van der Waals surface area (Å²) in [5, 5.41) is 0. The van der Waals surface area contributed by atoms with Crippen molar-refractivity contribution in [1.82, 2.24) is 14.8 Å². The molecule has 0 spiro atoms. The third-order valence-corrected chi connectivity index (χ3v) is 6.71. The highest BCUT2D eigenvalue weighted by molar-refractivity contribution is 5.96. The fraction of sp³-hybridized carbons (Fsp3) is 0.250. The van der Waals surface area contributed by atoms with Gasteiger partial charge >= 0.3 is 6.18 Å². The molecule has 0 saturated carbocycles. The average Bonchev–Trinajstić information content (AvgIpc) is 2.91. The number of carbonyl (C=O) groups excluding carboxylic acids is 2. The molecule has 0 N–H and O–H groups in total. The SMILES string of the molecule is Cc1cc(C(=O)N2CCN(C(=O)c3ccc(C(F)(F)F)cn3)CC2)ccc1N1CC=Cc2ccccc21. The molecule has 1 aromatic heterocycles. The van der Waals surface area contributed by atoms with Crippen molar-refractivity contribution in [2.75, 3.05) is 37.6 Å². The monoisotopic (exact) mass is 506 g/mol. The van der Waals surface area contributed by atoms with Crippen LogP contribution in [0.2, 0.25) is 0 Å². The molecule has 1 fully saturated rings. The van der Waals surface area contributed by atoms with Crippen LogP contribution in [0, 0.1) is 6.92 Å². The van der Waals surface area contributed by atoms with Crippen LogP contribution in [0.4, 0.5) is 24.5 Å². The van der Waals surface area contributed by atoms with Crippen molar-refractivity contribution in [3.63, 3.8) is 0 Å². The number of aryl methyl sites for hydroxylation is 1. The molecule has 2 amide bonds. The quantitative estimate of drug-likeness (QED) is 0.492. The second-order valence-electron chi connectivity index (χ2n) is 9.09. The maximum Gasteiger partial charge on any atom is 0.417 e. The zero-order valence-corrected chi connectivity index (χ0v) is 20.2. The van der Waals surface area contributed by atoms with E-state index in [1.54, 1.807) is 4.90 Å². The van der Waals surface area contributed by atoms with E-state index in [1.807, 2.05) is 37.3 Å². The minimum absolute atomic E-state index is 0.0480. The maximum absolute atomic E-state index is 13.2. The molecule has 190 valence electrons. The van der Waals surface area contributed by atoms with Gasteiger partial charge in [0.25, 0.3) is 11.8 Å². The summed E-state index contributed by atoms with van der Waals surface area (Å²) in [5.74, 6) is -0.565. The molecule has 1 saturated heterocycles. The van der Waals surface area contributed by atoms with Gasteiger partial charge in [-0.25, -0.2) is 0 Å². The number of fused-ring (bicyclic) bond motifs is 1. The molecule has 5 rings (SSSR count). The number of amides is 2. The third kappa shape index (κ3) is 4.94. The lowest BCUT2D eigenvalue weighted by atomic mass is 10.0. The van der Waals surface area contributed by atoms with Gasteiger partial charge in [-0.2, -0.15) is 13.2 Å². The number of aromatic nitrogens is 1. The second kappa shape index (κ2) is 9.72. The van der Waals surface area contributed by atoms with Crippen LogP contribution in [-0.2, 0) is 6.18 Å². The molecule has 2 aliphatic heterocycles. The van der Waals surface area contributed by atoms with Gasteiger partial charge in [0.1, 0.15) is 5.69 Å². The van der Waals surface area contributed by atoms with E-state index in [4.69, 9.17) is 0 Å². The first-order chi connectivity index (χ1) is 17.7. The van der Waals surface area contributed by atoms with E-state index in [2.05, 4.69) is 34.2 Å². The summed E-state index contributed by atoms with van der Waals surface area (Å²) >= 11 is 0. The summed E-state index contributed by atoms with van der Waals surface area (Å²) in [6.45, 7) is 3.95. The number of hydrogen-bond donors (Lipinski definition) is 0. The predicted octanol–water partition coefficient (Wildman–Crippen LogP) is 5.17. The number of hydrogen-bond acceptors (Lipinski definition) is 4. The summed E-state index contributed by atoms with van der Waals surface area (Å²) in [5.41, 5.74) is 3.91. The van der Waals surface area contributed by atoms with Crippen molar-refractivity contribution in [2.45, 2.75) is 13.1 Å². The number of piperazine rings is 1. The fourth-order valence-electron chi connectivity index (χ4n) is 4.72. The van der Waals surface area contributed by atoms with Gasteiger partial charge < -0.3 is 14.7 Å². The topological polar surface area (TPSA) is 56.8 Å². The minimum atomic E-state index is -4.51. The van der Waals surface area contributed by atoms with Crippen LogP contribution in [0.25, 0.3) is 6.08 Å². The summed E-state index contributed by atoms with van der Waals surface area (Å²) in [6.07, 6.45) is 0.378. The lowest BCUT2D eigenvalue weighted by molar-refractivity contribution is -0.137. The Hall–Kier alpha value is -4.14. The molecule has 6 nitrogen and oxygen atoms in total. The molecule has 3 aromatic rings. The molecular formula is C28H25F3N4O2. The van der Waals surface area contributed by atoms with Crippen molar-refractivity contribution in [3.8, 4) is 0 Å².